The number of nitrogens with zero attached hydrogens (tertiary/aromatic N) is 2. The van der Waals surface area contributed by atoms with E-state index in [2.05, 4.69) is 69.0 Å². The van der Waals surface area contributed by atoms with Gasteiger partial charge in [-0.2, -0.15) is 0 Å². The molecule has 1 unspecified atom stereocenters. The molecule has 0 aliphatic carbocycles. The van der Waals surface area contributed by atoms with Crippen LogP contribution in [-0.4, -0.2) is 27.9 Å². The highest BCUT2D eigenvalue weighted by Crippen LogP contribution is 2.22. The molecule has 1 aromatic heterocycles. The Kier molecular flexibility index (Phi) is 6.80. The number of thioether (sulfide) groups is 1. The Bertz CT molecular complexity index is 539. The molecule has 114 valence electrons. The molecule has 3 nitrogen and oxygen atoms in total. The maximum atomic E-state index is 4.44. The third kappa shape index (κ3) is 5.49. The lowest BCUT2D eigenvalue weighted by Gasteiger charge is -2.18. The van der Waals surface area contributed by atoms with Crippen LogP contribution in [0, 0.1) is 0 Å². The van der Waals surface area contributed by atoms with Gasteiger partial charge in [0.1, 0.15) is 5.82 Å². The van der Waals surface area contributed by atoms with E-state index in [0.717, 1.165) is 35.4 Å². The van der Waals surface area contributed by atoms with Gasteiger partial charge in [0.2, 0.25) is 0 Å². The Hall–Kier alpha value is -0.780. The van der Waals surface area contributed by atoms with Crippen molar-refractivity contribution < 1.29 is 0 Å². The van der Waals surface area contributed by atoms with Crippen molar-refractivity contribution in [1.29, 1.82) is 0 Å². The first-order chi connectivity index (χ1) is 10.2. The summed E-state index contributed by atoms with van der Waals surface area (Å²) >= 11 is 5.37. The van der Waals surface area contributed by atoms with Gasteiger partial charge in [-0.15, -0.1) is 11.8 Å². The SMILES string of the molecule is CCCNC(CSc1ccc(Br)cc1)Cc1nccn1C. The molecule has 0 saturated heterocycles. The fourth-order valence-corrected chi connectivity index (χ4v) is 3.30. The van der Waals surface area contributed by atoms with Crippen LogP contribution in [-0.2, 0) is 13.5 Å². The highest BCUT2D eigenvalue weighted by atomic mass is 79.9. The summed E-state index contributed by atoms with van der Waals surface area (Å²) in [5.74, 6) is 2.19. The van der Waals surface area contributed by atoms with Crippen LogP contribution in [0.1, 0.15) is 19.2 Å². The number of imidazole rings is 1. The largest absolute Gasteiger partial charge is 0.338 e. The van der Waals surface area contributed by atoms with E-state index < -0.39 is 0 Å². The lowest BCUT2D eigenvalue weighted by atomic mass is 10.2. The number of hydrogen-bond acceptors (Lipinski definition) is 3. The molecule has 0 saturated carbocycles. The van der Waals surface area contributed by atoms with Crippen molar-refractivity contribution in [3.63, 3.8) is 0 Å². The summed E-state index contributed by atoms with van der Waals surface area (Å²) in [6.07, 6.45) is 6.00. The zero-order valence-electron chi connectivity index (χ0n) is 12.6. The minimum atomic E-state index is 0.444. The predicted molar refractivity (Wildman–Crippen MR) is 93.9 cm³/mol. The second-order valence-electron chi connectivity index (χ2n) is 5.07. The fourth-order valence-electron chi connectivity index (χ4n) is 2.08. The molecule has 0 bridgehead atoms. The van der Waals surface area contributed by atoms with Crippen molar-refractivity contribution >= 4 is 27.7 Å². The van der Waals surface area contributed by atoms with Crippen molar-refractivity contribution in [3.05, 3.63) is 47.0 Å². The molecule has 0 radical (unpaired) electrons. The Morgan fingerprint density at radius 3 is 2.71 bits per heavy atom. The molecule has 1 heterocycles. The molecule has 0 fully saturated rings. The Morgan fingerprint density at radius 2 is 2.10 bits per heavy atom. The number of nitrogens with one attached hydrogen (secondary N) is 1. The van der Waals surface area contributed by atoms with Gasteiger partial charge in [0.05, 0.1) is 0 Å². The van der Waals surface area contributed by atoms with Crippen LogP contribution in [0.4, 0.5) is 0 Å². The second kappa shape index (κ2) is 8.61. The van der Waals surface area contributed by atoms with E-state index in [0.29, 0.717) is 6.04 Å². The van der Waals surface area contributed by atoms with E-state index in [4.69, 9.17) is 0 Å². The van der Waals surface area contributed by atoms with Crippen LogP contribution in [0.5, 0.6) is 0 Å². The van der Waals surface area contributed by atoms with Gasteiger partial charge in [-0.3, -0.25) is 0 Å². The highest BCUT2D eigenvalue weighted by Gasteiger charge is 2.12. The summed E-state index contributed by atoms with van der Waals surface area (Å²) in [5, 5.41) is 3.63. The first-order valence-electron chi connectivity index (χ1n) is 7.27. The Labute approximate surface area is 139 Å². The Balaban J connectivity index is 1.92. The highest BCUT2D eigenvalue weighted by molar-refractivity contribution is 9.10. The lowest BCUT2D eigenvalue weighted by molar-refractivity contribution is 0.532. The van der Waals surface area contributed by atoms with Crippen LogP contribution in [0.2, 0.25) is 0 Å². The van der Waals surface area contributed by atoms with Gasteiger partial charge in [0.15, 0.2) is 0 Å². The van der Waals surface area contributed by atoms with E-state index in [1.54, 1.807) is 0 Å². The molecule has 2 aromatic rings. The summed E-state index contributed by atoms with van der Waals surface area (Å²) in [6, 6.07) is 8.95. The molecule has 1 aromatic carbocycles. The monoisotopic (exact) mass is 367 g/mol. The van der Waals surface area contributed by atoms with Gasteiger partial charge in [-0.1, -0.05) is 22.9 Å². The molecular formula is C16H22BrN3S. The first-order valence-corrected chi connectivity index (χ1v) is 9.05. The quantitative estimate of drug-likeness (QED) is 0.717. The average molecular weight is 368 g/mol. The van der Waals surface area contributed by atoms with E-state index >= 15 is 0 Å². The van der Waals surface area contributed by atoms with Crippen LogP contribution >= 0.6 is 27.7 Å². The summed E-state index contributed by atoms with van der Waals surface area (Å²) < 4.78 is 3.23. The summed E-state index contributed by atoms with van der Waals surface area (Å²) in [4.78, 5) is 5.74. The molecule has 0 spiro atoms. The maximum absolute atomic E-state index is 4.44. The minimum absolute atomic E-state index is 0.444. The van der Waals surface area contributed by atoms with Gasteiger partial charge < -0.3 is 9.88 Å². The van der Waals surface area contributed by atoms with Crippen molar-refractivity contribution in [2.75, 3.05) is 12.3 Å². The average Bonchev–Trinajstić information content (AvgIpc) is 2.89. The van der Waals surface area contributed by atoms with E-state index in [1.165, 1.54) is 4.90 Å². The third-order valence-electron chi connectivity index (χ3n) is 3.30. The number of aryl methyl sites for hydroxylation is 1. The maximum Gasteiger partial charge on any atom is 0.109 e. The summed E-state index contributed by atoms with van der Waals surface area (Å²) in [7, 11) is 2.06. The van der Waals surface area contributed by atoms with Gasteiger partial charge in [-0.25, -0.2) is 4.98 Å². The van der Waals surface area contributed by atoms with Crippen molar-refractivity contribution in [1.82, 2.24) is 14.9 Å². The van der Waals surface area contributed by atoms with Gasteiger partial charge in [0.25, 0.3) is 0 Å². The van der Waals surface area contributed by atoms with Crippen LogP contribution < -0.4 is 5.32 Å². The smallest absolute Gasteiger partial charge is 0.109 e. The number of rotatable bonds is 8. The number of halogens is 1. The molecule has 0 aliphatic heterocycles. The minimum Gasteiger partial charge on any atom is -0.338 e. The Morgan fingerprint density at radius 1 is 1.33 bits per heavy atom. The molecule has 0 aliphatic rings. The van der Waals surface area contributed by atoms with Crippen LogP contribution in [0.15, 0.2) is 46.0 Å². The third-order valence-corrected chi connectivity index (χ3v) is 5.00. The standard InChI is InChI=1S/C16H22BrN3S/c1-3-8-18-14(11-16-19-9-10-20(16)2)12-21-15-6-4-13(17)5-7-15/h4-7,9-10,14,18H,3,8,11-12H2,1-2H3. The van der Waals surface area contributed by atoms with Crippen LogP contribution in [0.3, 0.4) is 0 Å². The number of hydrogen-bond donors (Lipinski definition) is 1. The van der Waals surface area contributed by atoms with Crippen molar-refractivity contribution in [3.8, 4) is 0 Å². The fraction of sp³-hybridized carbons (Fsp3) is 0.438. The van der Waals surface area contributed by atoms with E-state index in [1.807, 2.05) is 24.2 Å². The summed E-state index contributed by atoms with van der Waals surface area (Å²) in [5.41, 5.74) is 0. The topological polar surface area (TPSA) is 29.9 Å². The molecular weight excluding hydrogens is 346 g/mol. The molecule has 0 amide bonds. The van der Waals surface area contributed by atoms with E-state index in [9.17, 15) is 0 Å². The van der Waals surface area contributed by atoms with Gasteiger partial charge in [0, 0.05) is 47.0 Å². The zero-order chi connectivity index (χ0) is 15.1. The van der Waals surface area contributed by atoms with Crippen molar-refractivity contribution in [2.24, 2.45) is 7.05 Å². The lowest BCUT2D eigenvalue weighted by Crippen LogP contribution is -2.34. The van der Waals surface area contributed by atoms with E-state index in [-0.39, 0.29) is 0 Å². The molecule has 21 heavy (non-hydrogen) atoms. The second-order valence-corrected chi connectivity index (χ2v) is 7.08. The van der Waals surface area contributed by atoms with Gasteiger partial charge >= 0.3 is 0 Å². The predicted octanol–water partition coefficient (Wildman–Crippen LogP) is 3.89. The molecule has 1 N–H and O–H groups in total. The molecule has 2 rings (SSSR count). The van der Waals surface area contributed by atoms with Crippen LogP contribution in [0.25, 0.3) is 0 Å². The number of benzene rings is 1. The van der Waals surface area contributed by atoms with Gasteiger partial charge in [-0.05, 0) is 37.2 Å². The number of aromatic nitrogens is 2. The molecule has 1 atom stereocenters. The summed E-state index contributed by atoms with van der Waals surface area (Å²) in [6.45, 7) is 3.25. The first kappa shape index (κ1) is 16.6. The molecule has 5 heteroatoms. The van der Waals surface area contributed by atoms with Crippen molar-refractivity contribution in [2.45, 2.75) is 30.7 Å². The zero-order valence-corrected chi connectivity index (χ0v) is 15.0. The normalized spacial score (nSPS) is 12.5.